The normalized spacial score (nSPS) is 11.8. The standard InChI is InChI=1S/C20H24N2O2/c1-15(2)13-14-21-20(24)18(16-9-5-3-6-10-16)22-19(23)17-11-7-4-8-12-17/h3-12,15,18H,13-14H2,1-2H3,(H,21,24)(H,22,23). The molecule has 126 valence electrons. The Balaban J connectivity index is 2.11. The molecule has 0 bridgehead atoms. The van der Waals surface area contributed by atoms with E-state index < -0.39 is 6.04 Å². The Labute approximate surface area is 143 Å². The Morgan fingerprint density at radius 2 is 1.50 bits per heavy atom. The van der Waals surface area contributed by atoms with E-state index >= 15 is 0 Å². The van der Waals surface area contributed by atoms with E-state index in [1.807, 2.05) is 36.4 Å². The lowest BCUT2D eigenvalue weighted by Gasteiger charge is -2.19. The third-order valence-corrected chi connectivity index (χ3v) is 3.73. The van der Waals surface area contributed by atoms with E-state index in [1.165, 1.54) is 0 Å². The number of amides is 2. The highest BCUT2D eigenvalue weighted by molar-refractivity contribution is 5.97. The van der Waals surface area contributed by atoms with Crippen molar-refractivity contribution in [2.75, 3.05) is 6.54 Å². The van der Waals surface area contributed by atoms with Gasteiger partial charge in [0.15, 0.2) is 0 Å². The average molecular weight is 324 g/mol. The molecule has 0 fully saturated rings. The van der Waals surface area contributed by atoms with Gasteiger partial charge in [0.2, 0.25) is 5.91 Å². The summed E-state index contributed by atoms with van der Waals surface area (Å²) in [5, 5.41) is 5.75. The summed E-state index contributed by atoms with van der Waals surface area (Å²) in [5.41, 5.74) is 1.30. The second kappa shape index (κ2) is 8.87. The highest BCUT2D eigenvalue weighted by atomic mass is 16.2. The molecule has 0 aliphatic rings. The Hall–Kier alpha value is -2.62. The molecular formula is C20H24N2O2. The summed E-state index contributed by atoms with van der Waals surface area (Å²) < 4.78 is 0. The van der Waals surface area contributed by atoms with Crippen molar-refractivity contribution in [3.8, 4) is 0 Å². The van der Waals surface area contributed by atoms with Crippen LogP contribution in [-0.2, 0) is 4.79 Å². The zero-order valence-corrected chi connectivity index (χ0v) is 14.2. The first kappa shape index (κ1) is 17.7. The van der Waals surface area contributed by atoms with Crippen LogP contribution in [0.25, 0.3) is 0 Å². The Morgan fingerprint density at radius 3 is 2.08 bits per heavy atom. The number of carbonyl (C=O) groups excluding carboxylic acids is 2. The van der Waals surface area contributed by atoms with Crippen molar-refractivity contribution < 1.29 is 9.59 Å². The van der Waals surface area contributed by atoms with E-state index in [2.05, 4.69) is 24.5 Å². The molecule has 0 saturated carbocycles. The predicted molar refractivity (Wildman–Crippen MR) is 95.6 cm³/mol. The third kappa shape index (κ3) is 5.23. The molecule has 2 aromatic carbocycles. The van der Waals surface area contributed by atoms with Crippen LogP contribution in [0.3, 0.4) is 0 Å². The molecule has 0 saturated heterocycles. The quantitative estimate of drug-likeness (QED) is 0.821. The summed E-state index contributed by atoms with van der Waals surface area (Å²) in [6.45, 7) is 4.82. The van der Waals surface area contributed by atoms with Gasteiger partial charge in [0.25, 0.3) is 5.91 Å². The second-order valence-corrected chi connectivity index (χ2v) is 6.16. The molecule has 2 rings (SSSR count). The highest BCUT2D eigenvalue weighted by Gasteiger charge is 2.22. The predicted octanol–water partition coefficient (Wildman–Crippen LogP) is 3.32. The van der Waals surface area contributed by atoms with Gasteiger partial charge in [-0.05, 0) is 30.0 Å². The molecular weight excluding hydrogens is 300 g/mol. The number of benzene rings is 2. The van der Waals surface area contributed by atoms with Crippen molar-refractivity contribution in [2.45, 2.75) is 26.3 Å². The molecule has 1 atom stereocenters. The van der Waals surface area contributed by atoms with Crippen LogP contribution in [0, 0.1) is 5.92 Å². The average Bonchev–Trinajstić information content (AvgIpc) is 2.60. The number of nitrogens with one attached hydrogen (secondary N) is 2. The van der Waals surface area contributed by atoms with E-state index in [0.717, 1.165) is 12.0 Å². The molecule has 0 radical (unpaired) electrons. The van der Waals surface area contributed by atoms with E-state index in [4.69, 9.17) is 0 Å². The lowest BCUT2D eigenvalue weighted by molar-refractivity contribution is -0.123. The number of hydrogen-bond acceptors (Lipinski definition) is 2. The molecule has 2 aromatic rings. The fraction of sp³-hybridized carbons (Fsp3) is 0.300. The molecule has 0 aromatic heterocycles. The van der Waals surface area contributed by atoms with Gasteiger partial charge in [-0.2, -0.15) is 0 Å². The molecule has 0 spiro atoms. The smallest absolute Gasteiger partial charge is 0.252 e. The minimum absolute atomic E-state index is 0.189. The first-order chi connectivity index (χ1) is 11.6. The monoisotopic (exact) mass is 324 g/mol. The number of rotatable bonds is 7. The summed E-state index contributed by atoms with van der Waals surface area (Å²) in [6.07, 6.45) is 0.903. The molecule has 4 nitrogen and oxygen atoms in total. The van der Waals surface area contributed by atoms with Crippen LogP contribution in [0.5, 0.6) is 0 Å². The maximum atomic E-state index is 12.6. The number of hydrogen-bond donors (Lipinski definition) is 2. The van der Waals surface area contributed by atoms with Crippen LogP contribution in [0.2, 0.25) is 0 Å². The van der Waals surface area contributed by atoms with Crippen LogP contribution in [0.15, 0.2) is 60.7 Å². The van der Waals surface area contributed by atoms with E-state index in [9.17, 15) is 9.59 Å². The largest absolute Gasteiger partial charge is 0.354 e. The van der Waals surface area contributed by atoms with Gasteiger partial charge >= 0.3 is 0 Å². The first-order valence-electron chi connectivity index (χ1n) is 8.26. The fourth-order valence-electron chi connectivity index (χ4n) is 2.34. The van der Waals surface area contributed by atoms with Gasteiger partial charge in [0, 0.05) is 12.1 Å². The Morgan fingerprint density at radius 1 is 0.917 bits per heavy atom. The minimum Gasteiger partial charge on any atom is -0.354 e. The molecule has 1 unspecified atom stereocenters. The summed E-state index contributed by atoms with van der Waals surface area (Å²) in [6, 6.07) is 17.5. The fourth-order valence-corrected chi connectivity index (χ4v) is 2.34. The summed E-state index contributed by atoms with van der Waals surface area (Å²) in [5.74, 6) is 0.0639. The van der Waals surface area contributed by atoms with Crippen LogP contribution in [0.4, 0.5) is 0 Å². The topological polar surface area (TPSA) is 58.2 Å². The summed E-state index contributed by atoms with van der Waals surface area (Å²) >= 11 is 0. The van der Waals surface area contributed by atoms with Crippen LogP contribution < -0.4 is 10.6 Å². The first-order valence-corrected chi connectivity index (χ1v) is 8.26. The minimum atomic E-state index is -0.703. The highest BCUT2D eigenvalue weighted by Crippen LogP contribution is 2.14. The Kier molecular flexibility index (Phi) is 6.55. The van der Waals surface area contributed by atoms with Gasteiger partial charge in [-0.25, -0.2) is 0 Å². The van der Waals surface area contributed by atoms with Crippen molar-refractivity contribution in [2.24, 2.45) is 5.92 Å². The lowest BCUT2D eigenvalue weighted by atomic mass is 10.0. The van der Waals surface area contributed by atoms with Crippen molar-refractivity contribution in [1.29, 1.82) is 0 Å². The van der Waals surface area contributed by atoms with Gasteiger partial charge in [-0.15, -0.1) is 0 Å². The molecule has 24 heavy (non-hydrogen) atoms. The number of carbonyl (C=O) groups is 2. The maximum absolute atomic E-state index is 12.6. The zero-order chi connectivity index (χ0) is 17.4. The zero-order valence-electron chi connectivity index (χ0n) is 14.2. The molecule has 0 aliphatic heterocycles. The van der Waals surface area contributed by atoms with Crippen molar-refractivity contribution in [3.63, 3.8) is 0 Å². The van der Waals surface area contributed by atoms with Crippen LogP contribution in [-0.4, -0.2) is 18.4 Å². The van der Waals surface area contributed by atoms with E-state index in [-0.39, 0.29) is 11.8 Å². The molecule has 2 N–H and O–H groups in total. The van der Waals surface area contributed by atoms with Gasteiger partial charge in [-0.3, -0.25) is 9.59 Å². The molecule has 0 aliphatic carbocycles. The molecule has 0 heterocycles. The maximum Gasteiger partial charge on any atom is 0.252 e. The summed E-state index contributed by atoms with van der Waals surface area (Å²) in [7, 11) is 0. The van der Waals surface area contributed by atoms with Crippen molar-refractivity contribution in [1.82, 2.24) is 10.6 Å². The van der Waals surface area contributed by atoms with Crippen molar-refractivity contribution in [3.05, 3.63) is 71.8 Å². The summed E-state index contributed by atoms with van der Waals surface area (Å²) in [4.78, 5) is 25.0. The third-order valence-electron chi connectivity index (χ3n) is 3.73. The van der Waals surface area contributed by atoms with E-state index in [1.54, 1.807) is 24.3 Å². The second-order valence-electron chi connectivity index (χ2n) is 6.16. The lowest BCUT2D eigenvalue weighted by Crippen LogP contribution is -2.40. The SMILES string of the molecule is CC(C)CCNC(=O)C(NC(=O)c1ccccc1)c1ccccc1. The van der Waals surface area contributed by atoms with Crippen molar-refractivity contribution >= 4 is 11.8 Å². The van der Waals surface area contributed by atoms with E-state index in [0.29, 0.717) is 18.0 Å². The molecule has 4 heteroatoms. The molecule has 2 amide bonds. The van der Waals surface area contributed by atoms with Gasteiger partial charge in [0.05, 0.1) is 0 Å². The van der Waals surface area contributed by atoms with Gasteiger partial charge < -0.3 is 10.6 Å². The van der Waals surface area contributed by atoms with Gasteiger partial charge in [-0.1, -0.05) is 62.4 Å². The Bertz CT molecular complexity index is 654. The van der Waals surface area contributed by atoms with Gasteiger partial charge in [0.1, 0.15) is 6.04 Å². The van der Waals surface area contributed by atoms with Crippen LogP contribution >= 0.6 is 0 Å². The van der Waals surface area contributed by atoms with Crippen LogP contribution in [0.1, 0.15) is 42.2 Å².